The minimum Gasteiger partial charge on any atom is -0.326 e. The summed E-state index contributed by atoms with van der Waals surface area (Å²) < 4.78 is 2.01. The number of hydrogen-bond acceptors (Lipinski definition) is 2. The fourth-order valence-corrected chi connectivity index (χ4v) is 1.87. The van der Waals surface area contributed by atoms with Crippen LogP contribution in [0, 0.1) is 6.92 Å². The van der Waals surface area contributed by atoms with Crippen LogP contribution < -0.4 is 5.73 Å². The minimum atomic E-state index is 0.591. The van der Waals surface area contributed by atoms with Crippen molar-refractivity contribution in [1.29, 1.82) is 0 Å². The molecule has 0 saturated carbocycles. The predicted molar refractivity (Wildman–Crippen MR) is 66.0 cm³/mol. The van der Waals surface area contributed by atoms with E-state index in [1.165, 1.54) is 16.8 Å². The van der Waals surface area contributed by atoms with Crippen LogP contribution in [0.15, 0.2) is 30.5 Å². The van der Waals surface area contributed by atoms with Crippen LogP contribution in [-0.2, 0) is 13.1 Å². The number of aromatic nitrogens is 2. The highest BCUT2D eigenvalue weighted by Gasteiger charge is 2.06. The molecule has 2 aromatic rings. The molecule has 2 N–H and O–H groups in total. The van der Waals surface area contributed by atoms with Crippen LogP contribution in [-0.4, -0.2) is 9.78 Å². The minimum absolute atomic E-state index is 0.591. The Hall–Kier alpha value is -1.61. The summed E-state index contributed by atoms with van der Waals surface area (Å²) in [5, 5.41) is 4.35. The van der Waals surface area contributed by atoms with Crippen molar-refractivity contribution in [2.45, 2.75) is 26.9 Å². The van der Waals surface area contributed by atoms with Crippen LogP contribution in [0.3, 0.4) is 0 Å². The van der Waals surface area contributed by atoms with Crippen molar-refractivity contribution < 1.29 is 0 Å². The van der Waals surface area contributed by atoms with Gasteiger partial charge in [0.25, 0.3) is 0 Å². The molecule has 1 aromatic heterocycles. The van der Waals surface area contributed by atoms with Gasteiger partial charge in [0.15, 0.2) is 0 Å². The van der Waals surface area contributed by atoms with E-state index in [2.05, 4.69) is 43.2 Å². The normalized spacial score (nSPS) is 10.7. The van der Waals surface area contributed by atoms with E-state index in [4.69, 9.17) is 5.73 Å². The van der Waals surface area contributed by atoms with E-state index in [9.17, 15) is 0 Å². The number of aryl methyl sites for hydroxylation is 1. The Morgan fingerprint density at radius 3 is 2.44 bits per heavy atom. The summed E-state index contributed by atoms with van der Waals surface area (Å²) >= 11 is 0. The first kappa shape index (κ1) is 10.9. The second-order valence-corrected chi connectivity index (χ2v) is 3.86. The molecule has 16 heavy (non-hydrogen) atoms. The largest absolute Gasteiger partial charge is 0.326 e. The Bertz CT molecular complexity index is 468. The number of nitrogens with zero attached hydrogens (tertiary/aromatic N) is 2. The van der Waals surface area contributed by atoms with Crippen molar-refractivity contribution in [2.24, 2.45) is 5.73 Å². The third kappa shape index (κ3) is 1.86. The van der Waals surface area contributed by atoms with E-state index in [0.717, 1.165) is 12.1 Å². The van der Waals surface area contributed by atoms with E-state index in [1.54, 1.807) is 0 Å². The Kier molecular flexibility index (Phi) is 3.06. The third-order valence-electron chi connectivity index (χ3n) is 2.90. The number of hydrogen-bond donors (Lipinski definition) is 1. The standard InChI is InChI=1S/C13H17N3/c1-3-16-10(2)13(9-15-16)12-6-4-11(8-14)5-7-12/h4-7,9H,3,8,14H2,1-2H3. The fourth-order valence-electron chi connectivity index (χ4n) is 1.87. The van der Waals surface area contributed by atoms with Crippen LogP contribution in [0.2, 0.25) is 0 Å². The van der Waals surface area contributed by atoms with Crippen LogP contribution in [0.1, 0.15) is 18.2 Å². The molecule has 0 amide bonds. The van der Waals surface area contributed by atoms with Gasteiger partial charge in [-0.25, -0.2) is 0 Å². The van der Waals surface area contributed by atoms with Gasteiger partial charge in [-0.3, -0.25) is 4.68 Å². The molecule has 0 bridgehead atoms. The topological polar surface area (TPSA) is 43.8 Å². The fraction of sp³-hybridized carbons (Fsp3) is 0.308. The molecule has 0 aliphatic rings. The van der Waals surface area contributed by atoms with E-state index in [-0.39, 0.29) is 0 Å². The Morgan fingerprint density at radius 1 is 1.25 bits per heavy atom. The summed E-state index contributed by atoms with van der Waals surface area (Å²) in [5.41, 5.74) is 10.3. The molecular weight excluding hydrogens is 198 g/mol. The van der Waals surface area contributed by atoms with E-state index in [0.29, 0.717) is 6.54 Å². The lowest BCUT2D eigenvalue weighted by atomic mass is 10.1. The molecule has 3 nitrogen and oxygen atoms in total. The monoisotopic (exact) mass is 215 g/mol. The molecule has 3 heteroatoms. The van der Waals surface area contributed by atoms with Crippen LogP contribution >= 0.6 is 0 Å². The Labute approximate surface area is 95.9 Å². The lowest BCUT2D eigenvalue weighted by Gasteiger charge is -2.03. The van der Waals surface area contributed by atoms with Crippen molar-refractivity contribution in [3.05, 3.63) is 41.7 Å². The Balaban J connectivity index is 2.38. The smallest absolute Gasteiger partial charge is 0.0571 e. The summed E-state index contributed by atoms with van der Waals surface area (Å²) in [6.45, 7) is 5.70. The molecule has 0 saturated heterocycles. The van der Waals surface area contributed by atoms with E-state index < -0.39 is 0 Å². The maximum Gasteiger partial charge on any atom is 0.0571 e. The highest BCUT2D eigenvalue weighted by Crippen LogP contribution is 2.23. The van der Waals surface area contributed by atoms with Crippen molar-refractivity contribution in [3.8, 4) is 11.1 Å². The molecule has 1 aromatic carbocycles. The first-order chi connectivity index (χ1) is 7.76. The zero-order chi connectivity index (χ0) is 11.5. The van der Waals surface area contributed by atoms with E-state index in [1.807, 2.05) is 10.9 Å². The number of rotatable bonds is 3. The highest BCUT2D eigenvalue weighted by molar-refractivity contribution is 5.65. The second kappa shape index (κ2) is 4.49. The quantitative estimate of drug-likeness (QED) is 0.854. The predicted octanol–water partition coefficient (Wildman–Crippen LogP) is 2.34. The summed E-state index contributed by atoms with van der Waals surface area (Å²) in [7, 11) is 0. The lowest BCUT2D eigenvalue weighted by molar-refractivity contribution is 0.640. The van der Waals surface area contributed by atoms with Crippen molar-refractivity contribution in [1.82, 2.24) is 9.78 Å². The summed E-state index contributed by atoms with van der Waals surface area (Å²) in [5.74, 6) is 0. The molecule has 0 atom stereocenters. The molecular formula is C13H17N3. The molecule has 0 aliphatic heterocycles. The van der Waals surface area contributed by atoms with Gasteiger partial charge in [-0.2, -0.15) is 5.10 Å². The van der Waals surface area contributed by atoms with Gasteiger partial charge in [-0.15, -0.1) is 0 Å². The van der Waals surface area contributed by atoms with Crippen molar-refractivity contribution >= 4 is 0 Å². The molecule has 0 radical (unpaired) electrons. The maximum absolute atomic E-state index is 5.58. The first-order valence-corrected chi connectivity index (χ1v) is 5.58. The molecule has 0 spiro atoms. The average Bonchev–Trinajstić information content (AvgIpc) is 2.70. The Morgan fingerprint density at radius 2 is 1.94 bits per heavy atom. The molecule has 0 unspecified atom stereocenters. The van der Waals surface area contributed by atoms with Crippen molar-refractivity contribution in [3.63, 3.8) is 0 Å². The number of nitrogens with two attached hydrogens (primary N) is 1. The third-order valence-corrected chi connectivity index (χ3v) is 2.90. The first-order valence-electron chi connectivity index (χ1n) is 5.58. The van der Waals surface area contributed by atoms with Gasteiger partial charge in [0.05, 0.1) is 6.20 Å². The van der Waals surface area contributed by atoms with Crippen LogP contribution in [0.4, 0.5) is 0 Å². The molecule has 0 aliphatic carbocycles. The zero-order valence-corrected chi connectivity index (χ0v) is 9.77. The molecule has 84 valence electrons. The summed E-state index contributed by atoms with van der Waals surface area (Å²) in [4.78, 5) is 0. The van der Waals surface area contributed by atoms with Gasteiger partial charge >= 0.3 is 0 Å². The summed E-state index contributed by atoms with van der Waals surface area (Å²) in [6, 6.07) is 8.34. The van der Waals surface area contributed by atoms with Crippen LogP contribution in [0.25, 0.3) is 11.1 Å². The van der Waals surface area contributed by atoms with Gasteiger partial charge in [-0.1, -0.05) is 24.3 Å². The summed E-state index contributed by atoms with van der Waals surface area (Å²) in [6.07, 6.45) is 1.93. The molecule has 2 rings (SSSR count). The van der Waals surface area contributed by atoms with Gasteiger partial charge < -0.3 is 5.73 Å². The lowest BCUT2D eigenvalue weighted by Crippen LogP contribution is -1.98. The van der Waals surface area contributed by atoms with Gasteiger partial charge in [-0.05, 0) is 25.0 Å². The highest BCUT2D eigenvalue weighted by atomic mass is 15.3. The van der Waals surface area contributed by atoms with Crippen LogP contribution in [0.5, 0.6) is 0 Å². The maximum atomic E-state index is 5.58. The van der Waals surface area contributed by atoms with Gasteiger partial charge in [0.1, 0.15) is 0 Å². The van der Waals surface area contributed by atoms with Crippen molar-refractivity contribution in [2.75, 3.05) is 0 Å². The second-order valence-electron chi connectivity index (χ2n) is 3.86. The average molecular weight is 215 g/mol. The SMILES string of the molecule is CCn1ncc(-c2ccc(CN)cc2)c1C. The zero-order valence-electron chi connectivity index (χ0n) is 9.77. The number of benzene rings is 1. The van der Waals surface area contributed by atoms with Gasteiger partial charge in [0, 0.05) is 24.3 Å². The van der Waals surface area contributed by atoms with E-state index >= 15 is 0 Å². The molecule has 0 fully saturated rings. The van der Waals surface area contributed by atoms with Gasteiger partial charge in [0.2, 0.25) is 0 Å². The molecule has 1 heterocycles.